The maximum Gasteiger partial charge on any atom is 0.158 e. The fourth-order valence-corrected chi connectivity index (χ4v) is 2.16. The highest BCUT2D eigenvalue weighted by atomic mass is 16.5. The first kappa shape index (κ1) is 15.3. The molecule has 1 atom stereocenters. The Morgan fingerprint density at radius 3 is 2.52 bits per heavy atom. The Morgan fingerprint density at radius 1 is 1.14 bits per heavy atom. The molecule has 5 heteroatoms. The molecule has 0 amide bonds. The lowest BCUT2D eigenvalue weighted by Crippen LogP contribution is -2.19. The monoisotopic (exact) mass is 286 g/mol. The van der Waals surface area contributed by atoms with E-state index in [1.54, 1.807) is 7.11 Å². The van der Waals surface area contributed by atoms with Crippen molar-refractivity contribution < 1.29 is 4.74 Å². The number of ether oxygens (including phenoxy) is 1. The fraction of sp³-hybridized carbons (Fsp3) is 0.375. The topological polar surface area (TPSA) is 59.1 Å². The van der Waals surface area contributed by atoms with Crippen molar-refractivity contribution in [2.45, 2.75) is 26.0 Å². The van der Waals surface area contributed by atoms with Gasteiger partial charge in [0.25, 0.3) is 0 Å². The largest absolute Gasteiger partial charge is 0.377 e. The second-order valence-corrected chi connectivity index (χ2v) is 4.97. The molecule has 0 spiro atoms. The van der Waals surface area contributed by atoms with E-state index < -0.39 is 0 Å². The Bertz CT molecular complexity index is 559. The zero-order chi connectivity index (χ0) is 15.1. The van der Waals surface area contributed by atoms with Crippen LogP contribution in [0.25, 0.3) is 0 Å². The quantitative estimate of drug-likeness (QED) is 0.819. The van der Waals surface area contributed by atoms with Gasteiger partial charge in [-0.05, 0) is 18.9 Å². The minimum atomic E-state index is 0.280. The molecule has 1 heterocycles. The minimum Gasteiger partial charge on any atom is -0.377 e. The van der Waals surface area contributed by atoms with Crippen molar-refractivity contribution in [3.63, 3.8) is 0 Å². The van der Waals surface area contributed by atoms with E-state index in [9.17, 15) is 0 Å². The second-order valence-electron chi connectivity index (χ2n) is 4.97. The van der Waals surface area contributed by atoms with Crippen LogP contribution in [0.5, 0.6) is 0 Å². The van der Waals surface area contributed by atoms with Gasteiger partial charge in [-0.15, -0.1) is 0 Å². The molecule has 0 fully saturated rings. The predicted octanol–water partition coefficient (Wildman–Crippen LogP) is 2.71. The van der Waals surface area contributed by atoms with Crippen molar-refractivity contribution in [3.8, 4) is 0 Å². The Kier molecular flexibility index (Phi) is 5.51. The molecule has 5 nitrogen and oxygen atoms in total. The zero-order valence-corrected chi connectivity index (χ0v) is 12.8. The van der Waals surface area contributed by atoms with Crippen molar-refractivity contribution >= 4 is 11.6 Å². The molecule has 0 aliphatic rings. The van der Waals surface area contributed by atoms with Gasteiger partial charge in [0.2, 0.25) is 0 Å². The summed E-state index contributed by atoms with van der Waals surface area (Å²) < 4.78 is 5.10. The summed E-state index contributed by atoms with van der Waals surface area (Å²) in [5.74, 6) is 2.26. The molecule has 0 bridgehead atoms. The van der Waals surface area contributed by atoms with Crippen molar-refractivity contribution in [2.24, 2.45) is 0 Å². The van der Waals surface area contributed by atoms with Crippen molar-refractivity contribution in [2.75, 3.05) is 24.8 Å². The van der Waals surface area contributed by atoms with E-state index in [-0.39, 0.29) is 6.04 Å². The standard InChI is InChI=1S/C16H22N4O/c1-12(9-13-7-5-4-6-8-13)18-15-10-14(17-2)19-16(20-15)11-21-3/h4-8,10,12H,9,11H2,1-3H3,(H2,17,18,19,20). The van der Waals surface area contributed by atoms with Crippen LogP contribution >= 0.6 is 0 Å². The SMILES string of the molecule is CNc1cc(NC(C)Cc2ccccc2)nc(COC)n1. The number of benzene rings is 1. The van der Waals surface area contributed by atoms with E-state index in [0.717, 1.165) is 18.1 Å². The molecular formula is C16H22N4O. The molecule has 0 aliphatic carbocycles. The van der Waals surface area contributed by atoms with Crippen LogP contribution in [0, 0.1) is 0 Å². The number of hydrogen-bond acceptors (Lipinski definition) is 5. The molecule has 1 aromatic heterocycles. The molecule has 0 saturated heterocycles. The predicted molar refractivity (Wildman–Crippen MR) is 85.5 cm³/mol. The molecule has 1 unspecified atom stereocenters. The summed E-state index contributed by atoms with van der Waals surface area (Å²) in [4.78, 5) is 8.81. The number of nitrogens with zero attached hydrogens (tertiary/aromatic N) is 2. The van der Waals surface area contributed by atoms with Crippen LogP contribution in [0.3, 0.4) is 0 Å². The van der Waals surface area contributed by atoms with Crippen LogP contribution in [0.4, 0.5) is 11.6 Å². The maximum atomic E-state index is 5.10. The van der Waals surface area contributed by atoms with E-state index >= 15 is 0 Å². The summed E-state index contributed by atoms with van der Waals surface area (Å²) in [6, 6.07) is 12.6. The highest BCUT2D eigenvalue weighted by molar-refractivity contribution is 5.47. The lowest BCUT2D eigenvalue weighted by molar-refractivity contribution is 0.178. The van der Waals surface area contributed by atoms with Gasteiger partial charge in [0.15, 0.2) is 5.82 Å². The molecular weight excluding hydrogens is 264 g/mol. The van der Waals surface area contributed by atoms with Gasteiger partial charge in [-0.2, -0.15) is 0 Å². The minimum absolute atomic E-state index is 0.280. The molecule has 2 rings (SSSR count). The maximum absolute atomic E-state index is 5.10. The lowest BCUT2D eigenvalue weighted by atomic mass is 10.1. The van der Waals surface area contributed by atoms with Crippen LogP contribution in [0.1, 0.15) is 18.3 Å². The summed E-state index contributed by atoms with van der Waals surface area (Å²) in [6.45, 7) is 2.54. The van der Waals surface area contributed by atoms with Crippen molar-refractivity contribution in [1.29, 1.82) is 0 Å². The highest BCUT2D eigenvalue weighted by Crippen LogP contribution is 2.14. The first-order valence-electron chi connectivity index (χ1n) is 7.06. The van der Waals surface area contributed by atoms with Crippen LogP contribution < -0.4 is 10.6 Å². The van der Waals surface area contributed by atoms with E-state index in [2.05, 4.69) is 51.8 Å². The lowest BCUT2D eigenvalue weighted by Gasteiger charge is -2.16. The number of hydrogen-bond donors (Lipinski definition) is 2. The van der Waals surface area contributed by atoms with Gasteiger partial charge in [-0.1, -0.05) is 30.3 Å². The van der Waals surface area contributed by atoms with Gasteiger partial charge in [0.05, 0.1) is 0 Å². The first-order valence-corrected chi connectivity index (χ1v) is 7.06. The Balaban J connectivity index is 2.05. The van der Waals surface area contributed by atoms with Crippen LogP contribution in [0.15, 0.2) is 36.4 Å². The molecule has 21 heavy (non-hydrogen) atoms. The number of methoxy groups -OCH3 is 1. The van der Waals surface area contributed by atoms with Gasteiger partial charge in [-0.25, -0.2) is 9.97 Å². The smallest absolute Gasteiger partial charge is 0.158 e. The zero-order valence-electron chi connectivity index (χ0n) is 12.8. The number of rotatable bonds is 7. The van der Waals surface area contributed by atoms with E-state index in [4.69, 9.17) is 4.74 Å². The molecule has 1 aromatic carbocycles. The third-order valence-electron chi connectivity index (χ3n) is 3.08. The molecule has 0 aliphatic heterocycles. The van der Waals surface area contributed by atoms with Crippen LogP contribution in [0.2, 0.25) is 0 Å². The van der Waals surface area contributed by atoms with Gasteiger partial charge in [-0.3, -0.25) is 0 Å². The van der Waals surface area contributed by atoms with Crippen molar-refractivity contribution in [1.82, 2.24) is 9.97 Å². The molecule has 112 valence electrons. The average Bonchev–Trinajstić information content (AvgIpc) is 2.48. The summed E-state index contributed by atoms with van der Waals surface area (Å²) in [5.41, 5.74) is 1.30. The summed E-state index contributed by atoms with van der Waals surface area (Å²) in [5, 5.41) is 6.46. The van der Waals surface area contributed by atoms with E-state index in [1.165, 1.54) is 5.56 Å². The van der Waals surface area contributed by atoms with Crippen molar-refractivity contribution in [3.05, 3.63) is 47.8 Å². The third kappa shape index (κ3) is 4.72. The fourth-order valence-electron chi connectivity index (χ4n) is 2.16. The van der Waals surface area contributed by atoms with Gasteiger partial charge >= 0.3 is 0 Å². The van der Waals surface area contributed by atoms with Gasteiger partial charge in [0, 0.05) is 26.3 Å². The summed E-state index contributed by atoms with van der Waals surface area (Å²) in [7, 11) is 3.48. The molecule has 2 N–H and O–H groups in total. The normalized spacial score (nSPS) is 12.0. The Morgan fingerprint density at radius 2 is 1.86 bits per heavy atom. The Hall–Kier alpha value is -2.14. The summed E-state index contributed by atoms with van der Waals surface area (Å²) in [6.07, 6.45) is 0.944. The van der Waals surface area contributed by atoms with E-state index in [0.29, 0.717) is 12.4 Å². The second kappa shape index (κ2) is 7.59. The molecule has 0 radical (unpaired) electrons. The van der Waals surface area contributed by atoms with E-state index in [1.807, 2.05) is 19.2 Å². The highest BCUT2D eigenvalue weighted by Gasteiger charge is 2.08. The van der Waals surface area contributed by atoms with Crippen LogP contribution in [-0.4, -0.2) is 30.2 Å². The molecule has 2 aromatic rings. The number of nitrogens with one attached hydrogen (secondary N) is 2. The molecule has 0 saturated carbocycles. The van der Waals surface area contributed by atoms with Crippen LogP contribution in [-0.2, 0) is 17.8 Å². The van der Waals surface area contributed by atoms with Gasteiger partial charge < -0.3 is 15.4 Å². The number of aromatic nitrogens is 2. The summed E-state index contributed by atoms with van der Waals surface area (Å²) >= 11 is 0. The Labute approximate surface area is 125 Å². The first-order chi connectivity index (χ1) is 10.2. The number of anilines is 2. The average molecular weight is 286 g/mol. The van der Waals surface area contributed by atoms with Gasteiger partial charge in [0.1, 0.15) is 18.2 Å². The third-order valence-corrected chi connectivity index (χ3v) is 3.08.